The normalized spacial score (nSPS) is 34.9. The predicted molar refractivity (Wildman–Crippen MR) is 70.7 cm³/mol. The SMILES string of the molecule is FC1CCCC(C(SCl)C2CCCCC2)C1. The van der Waals surface area contributed by atoms with Crippen molar-refractivity contribution in [2.75, 3.05) is 0 Å². The van der Waals surface area contributed by atoms with Crippen molar-refractivity contribution in [1.82, 2.24) is 0 Å². The first-order chi connectivity index (χ1) is 7.81. The summed E-state index contributed by atoms with van der Waals surface area (Å²) in [5, 5.41) is 0.514. The summed E-state index contributed by atoms with van der Waals surface area (Å²) >= 11 is 0. The molecule has 16 heavy (non-hydrogen) atoms. The predicted octanol–water partition coefficient (Wildman–Crippen LogP) is 5.35. The first kappa shape index (κ1) is 13.0. The number of hydrogen-bond acceptors (Lipinski definition) is 1. The summed E-state index contributed by atoms with van der Waals surface area (Å²) in [6.07, 6.45) is 9.96. The third kappa shape index (κ3) is 3.29. The van der Waals surface area contributed by atoms with Gasteiger partial charge >= 0.3 is 0 Å². The van der Waals surface area contributed by atoms with Crippen LogP contribution in [-0.2, 0) is 0 Å². The number of hydrogen-bond donors (Lipinski definition) is 0. The van der Waals surface area contributed by atoms with Crippen molar-refractivity contribution in [2.45, 2.75) is 69.2 Å². The third-order valence-corrected chi connectivity index (χ3v) is 5.93. The highest BCUT2D eigenvalue weighted by molar-refractivity contribution is 8.21. The standard InChI is InChI=1S/C13H22ClFS/c14-16-13(10-5-2-1-3-6-10)11-7-4-8-12(15)9-11/h10-13H,1-9H2. The summed E-state index contributed by atoms with van der Waals surface area (Å²) < 4.78 is 13.4. The van der Waals surface area contributed by atoms with Gasteiger partial charge < -0.3 is 0 Å². The molecular weight excluding hydrogens is 243 g/mol. The Labute approximate surface area is 107 Å². The zero-order valence-electron chi connectivity index (χ0n) is 9.84. The molecule has 2 aliphatic rings. The molecule has 2 saturated carbocycles. The minimum atomic E-state index is -0.561. The van der Waals surface area contributed by atoms with Crippen molar-refractivity contribution < 1.29 is 4.39 Å². The van der Waals surface area contributed by atoms with Gasteiger partial charge in [-0.15, -0.1) is 0 Å². The van der Waals surface area contributed by atoms with Gasteiger partial charge in [-0.2, -0.15) is 0 Å². The fraction of sp³-hybridized carbons (Fsp3) is 1.00. The number of rotatable bonds is 3. The fourth-order valence-corrected chi connectivity index (χ4v) is 5.14. The van der Waals surface area contributed by atoms with E-state index in [1.54, 1.807) is 0 Å². The lowest BCUT2D eigenvalue weighted by molar-refractivity contribution is 0.172. The van der Waals surface area contributed by atoms with E-state index in [9.17, 15) is 4.39 Å². The smallest absolute Gasteiger partial charge is 0.100 e. The van der Waals surface area contributed by atoms with Crippen LogP contribution in [0.1, 0.15) is 57.8 Å². The third-order valence-electron chi connectivity index (χ3n) is 4.33. The molecule has 0 N–H and O–H groups in total. The van der Waals surface area contributed by atoms with Crippen LogP contribution in [0.2, 0.25) is 0 Å². The van der Waals surface area contributed by atoms with Gasteiger partial charge in [-0.05, 0) is 54.6 Å². The summed E-state index contributed by atoms with van der Waals surface area (Å²) in [5.41, 5.74) is 0. The number of halogens is 2. The van der Waals surface area contributed by atoms with Crippen molar-refractivity contribution in [2.24, 2.45) is 11.8 Å². The van der Waals surface area contributed by atoms with Crippen molar-refractivity contribution in [3.8, 4) is 0 Å². The maximum atomic E-state index is 13.4. The van der Waals surface area contributed by atoms with Crippen LogP contribution in [0, 0.1) is 11.8 Å². The lowest BCUT2D eigenvalue weighted by Gasteiger charge is -2.36. The summed E-state index contributed by atoms with van der Waals surface area (Å²) in [7, 11) is 7.57. The van der Waals surface area contributed by atoms with Crippen LogP contribution in [-0.4, -0.2) is 11.4 Å². The monoisotopic (exact) mass is 264 g/mol. The molecule has 2 fully saturated rings. The second-order valence-corrected chi connectivity index (χ2v) is 6.73. The Bertz CT molecular complexity index is 206. The molecule has 2 rings (SSSR count). The van der Waals surface area contributed by atoms with Gasteiger partial charge in [0.15, 0.2) is 0 Å². The minimum absolute atomic E-state index is 0.514. The van der Waals surface area contributed by atoms with E-state index in [-0.39, 0.29) is 0 Å². The lowest BCUT2D eigenvalue weighted by atomic mass is 9.77. The summed E-state index contributed by atoms with van der Waals surface area (Å²) in [4.78, 5) is 0. The lowest BCUT2D eigenvalue weighted by Crippen LogP contribution is -2.31. The Hall–Kier alpha value is 0.570. The molecule has 0 amide bonds. The van der Waals surface area contributed by atoms with E-state index in [0.717, 1.165) is 25.2 Å². The zero-order valence-corrected chi connectivity index (χ0v) is 11.4. The molecule has 0 aromatic carbocycles. The molecule has 0 spiro atoms. The van der Waals surface area contributed by atoms with Gasteiger partial charge in [0.1, 0.15) is 6.17 Å². The highest BCUT2D eigenvalue weighted by atomic mass is 35.7. The van der Waals surface area contributed by atoms with Crippen LogP contribution in [0.5, 0.6) is 0 Å². The van der Waals surface area contributed by atoms with Crippen molar-refractivity contribution in [1.29, 1.82) is 0 Å². The second kappa shape index (κ2) is 6.49. The highest BCUT2D eigenvalue weighted by Gasteiger charge is 2.34. The van der Waals surface area contributed by atoms with E-state index in [0.29, 0.717) is 11.2 Å². The topological polar surface area (TPSA) is 0 Å². The Balaban J connectivity index is 1.91. The van der Waals surface area contributed by atoms with Gasteiger partial charge in [-0.1, -0.05) is 36.7 Å². The van der Waals surface area contributed by atoms with E-state index >= 15 is 0 Å². The summed E-state index contributed by atoms with van der Waals surface area (Å²) in [6.45, 7) is 0. The van der Waals surface area contributed by atoms with Gasteiger partial charge in [-0.3, -0.25) is 0 Å². The van der Waals surface area contributed by atoms with Crippen molar-refractivity contribution in [3.05, 3.63) is 0 Å². The van der Waals surface area contributed by atoms with Crippen LogP contribution >= 0.6 is 21.7 Å². The molecule has 3 unspecified atom stereocenters. The van der Waals surface area contributed by atoms with Gasteiger partial charge in [-0.25, -0.2) is 4.39 Å². The van der Waals surface area contributed by atoms with E-state index < -0.39 is 6.17 Å². The Morgan fingerprint density at radius 1 is 0.938 bits per heavy atom. The zero-order chi connectivity index (χ0) is 11.4. The Morgan fingerprint density at radius 2 is 1.62 bits per heavy atom. The first-order valence-electron chi connectivity index (χ1n) is 6.72. The molecule has 0 heterocycles. The average molecular weight is 265 g/mol. The van der Waals surface area contributed by atoms with Crippen LogP contribution < -0.4 is 0 Å². The van der Waals surface area contributed by atoms with Crippen LogP contribution in [0.4, 0.5) is 4.39 Å². The molecule has 0 bridgehead atoms. The molecule has 3 atom stereocenters. The molecule has 0 aromatic heterocycles. The van der Waals surface area contributed by atoms with Gasteiger partial charge in [0.25, 0.3) is 0 Å². The molecule has 0 saturated heterocycles. The van der Waals surface area contributed by atoms with Crippen LogP contribution in [0.15, 0.2) is 0 Å². The Morgan fingerprint density at radius 3 is 2.25 bits per heavy atom. The molecule has 0 aliphatic heterocycles. The maximum absolute atomic E-state index is 13.4. The maximum Gasteiger partial charge on any atom is 0.100 e. The molecule has 0 radical (unpaired) electrons. The quantitative estimate of drug-likeness (QED) is 0.662. The molecule has 2 aliphatic carbocycles. The van der Waals surface area contributed by atoms with Crippen molar-refractivity contribution in [3.63, 3.8) is 0 Å². The fourth-order valence-electron chi connectivity index (χ4n) is 3.46. The average Bonchev–Trinajstić information content (AvgIpc) is 2.31. The van der Waals surface area contributed by atoms with Gasteiger partial charge in [0, 0.05) is 5.25 Å². The first-order valence-corrected chi connectivity index (χ1v) is 8.43. The van der Waals surface area contributed by atoms with Crippen LogP contribution in [0.3, 0.4) is 0 Å². The van der Waals surface area contributed by atoms with Gasteiger partial charge in [0.05, 0.1) is 0 Å². The van der Waals surface area contributed by atoms with Crippen LogP contribution in [0.25, 0.3) is 0 Å². The summed E-state index contributed by atoms with van der Waals surface area (Å²) in [6, 6.07) is 0. The van der Waals surface area contributed by atoms with Crippen molar-refractivity contribution >= 4 is 21.7 Å². The van der Waals surface area contributed by atoms with Gasteiger partial charge in [0.2, 0.25) is 0 Å². The second-order valence-electron chi connectivity index (χ2n) is 5.48. The Kier molecular flexibility index (Phi) is 5.28. The van der Waals surface area contributed by atoms with E-state index in [1.807, 2.05) is 0 Å². The molecule has 94 valence electrons. The number of alkyl halides is 1. The molecule has 0 aromatic rings. The molecular formula is C13H22ClFS. The van der Waals surface area contributed by atoms with E-state index in [4.69, 9.17) is 10.7 Å². The molecule has 3 heteroatoms. The van der Waals surface area contributed by atoms with E-state index in [1.165, 1.54) is 49.5 Å². The minimum Gasteiger partial charge on any atom is -0.247 e. The van der Waals surface area contributed by atoms with E-state index in [2.05, 4.69) is 0 Å². The highest BCUT2D eigenvalue weighted by Crippen LogP contribution is 2.43. The molecule has 0 nitrogen and oxygen atoms in total. The largest absolute Gasteiger partial charge is 0.247 e. The summed E-state index contributed by atoms with van der Waals surface area (Å²) in [5.74, 6) is 1.29.